The van der Waals surface area contributed by atoms with Crippen LogP contribution in [0.5, 0.6) is 0 Å². The Hall–Kier alpha value is -3.61. The predicted molar refractivity (Wildman–Crippen MR) is 145 cm³/mol. The van der Waals surface area contributed by atoms with Gasteiger partial charge in [0.05, 0.1) is 12.1 Å². The molecule has 2 aliphatic heterocycles. The van der Waals surface area contributed by atoms with Crippen LogP contribution in [-0.4, -0.2) is 43.7 Å². The first kappa shape index (κ1) is 26.3. The highest BCUT2D eigenvalue weighted by atomic mass is 19.4. The lowest BCUT2D eigenvalue weighted by Crippen LogP contribution is -2.43. The summed E-state index contributed by atoms with van der Waals surface area (Å²) >= 11 is 0. The summed E-state index contributed by atoms with van der Waals surface area (Å²) in [5.41, 5.74) is 3.90. The number of aromatic nitrogens is 4. The monoisotopic (exact) mass is 570 g/mol. The van der Waals surface area contributed by atoms with Gasteiger partial charge in [0, 0.05) is 18.1 Å². The number of anilines is 2. The Morgan fingerprint density at radius 3 is 2.51 bits per heavy atom. The maximum Gasteiger partial charge on any atom is 0.427 e. The summed E-state index contributed by atoms with van der Waals surface area (Å²) < 4.78 is 41.9. The van der Waals surface area contributed by atoms with Gasteiger partial charge >= 0.3 is 12.3 Å². The van der Waals surface area contributed by atoms with Crippen molar-refractivity contribution in [1.29, 1.82) is 0 Å². The summed E-state index contributed by atoms with van der Waals surface area (Å²) in [4.78, 5) is 33.7. The van der Waals surface area contributed by atoms with Crippen molar-refractivity contribution < 1.29 is 22.8 Å². The highest BCUT2D eigenvalue weighted by Gasteiger charge is 2.50. The van der Waals surface area contributed by atoms with Gasteiger partial charge in [-0.25, -0.2) is 14.8 Å². The highest BCUT2D eigenvalue weighted by molar-refractivity contribution is 5.86. The molecule has 2 saturated heterocycles. The fourth-order valence-electron chi connectivity index (χ4n) is 6.36. The number of piperidine rings is 1. The topological polar surface area (TPSA) is 109 Å². The van der Waals surface area contributed by atoms with E-state index in [9.17, 15) is 18.0 Å². The van der Waals surface area contributed by atoms with Gasteiger partial charge in [-0.2, -0.15) is 18.2 Å². The lowest BCUT2D eigenvalue weighted by molar-refractivity contribution is -0.137. The molecule has 218 valence electrons. The third-order valence-electron chi connectivity index (χ3n) is 9.15. The van der Waals surface area contributed by atoms with E-state index >= 15 is 0 Å². The number of halogens is 3. The van der Waals surface area contributed by atoms with Crippen LogP contribution >= 0.6 is 0 Å². The molecule has 0 bridgehead atoms. The minimum absolute atomic E-state index is 0.0649. The number of hydrogen-bond acceptors (Lipinski definition) is 8. The molecule has 13 heteroatoms. The van der Waals surface area contributed by atoms with Crippen LogP contribution in [0.3, 0.4) is 0 Å². The third-order valence-corrected chi connectivity index (χ3v) is 9.15. The summed E-state index contributed by atoms with van der Waals surface area (Å²) in [7, 11) is 0. The van der Waals surface area contributed by atoms with Gasteiger partial charge < -0.3 is 19.6 Å². The standard InChI is InChI=1S/C28H33F3N8O2/c1-16(18-5-4-6-18)32-21-20-22(34-23(33-21)24-36-26(40)41-37-24)35-25(39-14-3-2-11-27(39)12-13-27)38(20)15-17-7-9-19(10-8-17)28(29,30)31/h7-10,16,18,24,37H,2-6,11-15H2,1H3,(H,36,40)(H,32,33,34)/t16-,24?/m1/s1. The number of amides is 1. The Morgan fingerprint density at radius 1 is 1.10 bits per heavy atom. The molecule has 41 heavy (non-hydrogen) atoms. The number of carbonyl (C=O) groups excluding carboxylic acids is 1. The largest absolute Gasteiger partial charge is 0.427 e. The summed E-state index contributed by atoms with van der Waals surface area (Å²) in [6.07, 6.45) is 3.19. The molecule has 2 atom stereocenters. The molecular formula is C28H33F3N8O2. The second-order valence-corrected chi connectivity index (χ2v) is 11.8. The van der Waals surface area contributed by atoms with Crippen molar-refractivity contribution in [3.8, 4) is 0 Å². The molecule has 4 fully saturated rings. The Bertz CT molecular complexity index is 1470. The molecule has 3 N–H and O–H groups in total. The van der Waals surface area contributed by atoms with Crippen LogP contribution in [-0.2, 0) is 17.6 Å². The number of fused-ring (bicyclic) bond motifs is 1. The third kappa shape index (κ3) is 4.83. The first-order valence-corrected chi connectivity index (χ1v) is 14.4. The molecule has 3 aromatic rings. The molecule has 2 aromatic heterocycles. The van der Waals surface area contributed by atoms with E-state index in [1.807, 2.05) is 0 Å². The minimum Gasteiger partial charge on any atom is -0.365 e. The zero-order valence-corrected chi connectivity index (χ0v) is 22.8. The summed E-state index contributed by atoms with van der Waals surface area (Å²) in [5.74, 6) is 2.17. The van der Waals surface area contributed by atoms with Crippen molar-refractivity contribution in [3.05, 3.63) is 41.2 Å². The van der Waals surface area contributed by atoms with Crippen LogP contribution in [0.1, 0.15) is 81.4 Å². The lowest BCUT2D eigenvalue weighted by atomic mass is 9.80. The number of benzene rings is 1. The van der Waals surface area contributed by atoms with Gasteiger partial charge in [-0.1, -0.05) is 18.6 Å². The van der Waals surface area contributed by atoms with E-state index in [4.69, 9.17) is 19.8 Å². The molecule has 1 amide bonds. The maximum absolute atomic E-state index is 13.3. The van der Waals surface area contributed by atoms with E-state index in [0.717, 1.165) is 68.7 Å². The molecule has 10 nitrogen and oxygen atoms in total. The average Bonchev–Trinajstić information content (AvgIpc) is 3.36. The fraction of sp³-hybridized carbons (Fsp3) is 0.571. The van der Waals surface area contributed by atoms with Crippen LogP contribution in [0.4, 0.5) is 29.7 Å². The van der Waals surface area contributed by atoms with E-state index in [1.54, 1.807) is 0 Å². The summed E-state index contributed by atoms with van der Waals surface area (Å²) in [6.45, 7) is 3.30. The first-order chi connectivity index (χ1) is 19.7. The molecule has 7 rings (SSSR count). The van der Waals surface area contributed by atoms with Crippen LogP contribution in [0, 0.1) is 5.92 Å². The summed E-state index contributed by atoms with van der Waals surface area (Å²) in [6, 6.07) is 5.43. The highest BCUT2D eigenvalue weighted by Crippen LogP contribution is 2.50. The number of imidazole rings is 1. The van der Waals surface area contributed by atoms with Gasteiger partial charge in [0.2, 0.25) is 5.95 Å². The SMILES string of the molecule is C[C@@H](Nc1nc(C2NOC(=O)N2)nc2nc(N3CCCCC34CC4)n(Cc3ccc(C(F)(F)F)cc3)c12)C1CCC1. The number of rotatable bonds is 7. The lowest BCUT2D eigenvalue weighted by Gasteiger charge is -2.37. The van der Waals surface area contributed by atoms with Crippen molar-refractivity contribution in [3.63, 3.8) is 0 Å². The quantitative estimate of drug-likeness (QED) is 0.353. The molecule has 4 aliphatic rings. The molecule has 2 aliphatic carbocycles. The van der Waals surface area contributed by atoms with Crippen molar-refractivity contribution in [2.75, 3.05) is 16.8 Å². The fourth-order valence-corrected chi connectivity index (χ4v) is 6.36. The zero-order valence-electron chi connectivity index (χ0n) is 22.8. The van der Waals surface area contributed by atoms with Crippen LogP contribution < -0.4 is 21.0 Å². The number of alkyl halides is 3. The van der Waals surface area contributed by atoms with Crippen molar-refractivity contribution in [2.45, 2.75) is 88.8 Å². The Labute approximate surface area is 235 Å². The van der Waals surface area contributed by atoms with Gasteiger partial charge in [-0.15, -0.1) is 5.48 Å². The van der Waals surface area contributed by atoms with E-state index in [2.05, 4.69) is 32.5 Å². The number of nitrogens with zero attached hydrogens (tertiary/aromatic N) is 5. The molecule has 1 unspecified atom stereocenters. The van der Waals surface area contributed by atoms with Crippen molar-refractivity contribution in [1.82, 2.24) is 30.3 Å². The van der Waals surface area contributed by atoms with Gasteiger partial charge in [-0.05, 0) is 75.5 Å². The van der Waals surface area contributed by atoms with Gasteiger partial charge in [0.15, 0.2) is 23.5 Å². The normalized spacial score (nSPS) is 22.9. The van der Waals surface area contributed by atoms with Gasteiger partial charge in [0.25, 0.3) is 0 Å². The molecule has 4 heterocycles. The van der Waals surface area contributed by atoms with E-state index in [1.165, 1.54) is 25.0 Å². The maximum atomic E-state index is 13.3. The van der Waals surface area contributed by atoms with E-state index in [0.29, 0.717) is 35.3 Å². The van der Waals surface area contributed by atoms with Gasteiger partial charge in [-0.3, -0.25) is 5.32 Å². The average molecular weight is 571 g/mol. The molecule has 1 aromatic carbocycles. The first-order valence-electron chi connectivity index (χ1n) is 14.4. The van der Waals surface area contributed by atoms with Gasteiger partial charge in [0.1, 0.15) is 5.52 Å². The van der Waals surface area contributed by atoms with Crippen molar-refractivity contribution in [2.24, 2.45) is 5.92 Å². The van der Waals surface area contributed by atoms with Crippen molar-refractivity contribution >= 4 is 29.0 Å². The molecule has 0 radical (unpaired) electrons. The number of hydrogen-bond donors (Lipinski definition) is 3. The minimum atomic E-state index is -4.40. The Balaban J connectivity index is 1.36. The molecule has 1 spiro atoms. The van der Waals surface area contributed by atoms with E-state index < -0.39 is 24.0 Å². The molecule has 2 saturated carbocycles. The smallest absolute Gasteiger partial charge is 0.365 e. The van der Waals surface area contributed by atoms with E-state index in [-0.39, 0.29) is 11.6 Å². The Morgan fingerprint density at radius 2 is 1.88 bits per heavy atom. The molecular weight excluding hydrogens is 537 g/mol. The summed E-state index contributed by atoms with van der Waals surface area (Å²) in [5, 5.41) is 6.27. The second kappa shape index (κ2) is 9.74. The number of hydroxylamine groups is 1. The predicted octanol–water partition coefficient (Wildman–Crippen LogP) is 5.26. The Kier molecular flexibility index (Phi) is 6.25. The number of carbonyl (C=O) groups is 1. The number of nitrogens with one attached hydrogen (secondary N) is 3. The zero-order chi connectivity index (χ0) is 28.4. The van der Waals surface area contributed by atoms with Crippen LogP contribution in [0.2, 0.25) is 0 Å². The van der Waals surface area contributed by atoms with Crippen LogP contribution in [0.25, 0.3) is 11.2 Å². The second-order valence-electron chi connectivity index (χ2n) is 11.8. The van der Waals surface area contributed by atoms with Crippen LogP contribution in [0.15, 0.2) is 24.3 Å².